The molecule has 0 fully saturated rings. The van der Waals surface area contributed by atoms with Gasteiger partial charge >= 0.3 is 6.03 Å². The van der Waals surface area contributed by atoms with Gasteiger partial charge in [-0.05, 0) is 31.4 Å². The number of nitrogens with one attached hydrogen (secondary N) is 2. The number of hydrogen-bond acceptors (Lipinski definition) is 2. The average Bonchev–Trinajstić information content (AvgIpc) is 2.37. The van der Waals surface area contributed by atoms with Crippen molar-refractivity contribution >= 4 is 6.03 Å². The van der Waals surface area contributed by atoms with E-state index in [0.29, 0.717) is 13.0 Å². The molecule has 0 aliphatic heterocycles. The highest BCUT2D eigenvalue weighted by atomic mass is 16.3. The van der Waals surface area contributed by atoms with E-state index in [9.17, 15) is 9.90 Å². The van der Waals surface area contributed by atoms with Crippen LogP contribution in [0.4, 0.5) is 4.79 Å². The number of carbonyl (C=O) groups is 1. The smallest absolute Gasteiger partial charge is 0.315 e. The summed E-state index contributed by atoms with van der Waals surface area (Å²) in [5.74, 6) is 0. The highest BCUT2D eigenvalue weighted by Crippen LogP contribution is 2.16. The molecule has 0 saturated carbocycles. The summed E-state index contributed by atoms with van der Waals surface area (Å²) in [7, 11) is 0. The maximum atomic E-state index is 11.7. The summed E-state index contributed by atoms with van der Waals surface area (Å²) < 4.78 is 0. The molecule has 106 valence electrons. The van der Waals surface area contributed by atoms with E-state index in [0.717, 1.165) is 17.5 Å². The van der Waals surface area contributed by atoms with Crippen molar-refractivity contribution < 1.29 is 9.90 Å². The second-order valence-electron chi connectivity index (χ2n) is 4.88. The fourth-order valence-electron chi connectivity index (χ4n) is 2.04. The molecule has 2 unspecified atom stereocenters. The zero-order chi connectivity index (χ0) is 14.3. The Kier molecular flexibility index (Phi) is 6.36. The second kappa shape index (κ2) is 7.79. The van der Waals surface area contributed by atoms with Crippen LogP contribution in [0, 0.1) is 6.92 Å². The molecule has 0 aliphatic carbocycles. The predicted molar refractivity (Wildman–Crippen MR) is 77.0 cm³/mol. The molecule has 2 amide bonds. The predicted octanol–water partition coefficient (Wildman–Crippen LogP) is 2.52. The lowest BCUT2D eigenvalue weighted by Crippen LogP contribution is -2.40. The summed E-state index contributed by atoms with van der Waals surface area (Å²) in [6.07, 6.45) is 1.14. The van der Waals surface area contributed by atoms with Gasteiger partial charge in [0.05, 0.1) is 12.1 Å². The van der Waals surface area contributed by atoms with E-state index in [4.69, 9.17) is 0 Å². The van der Waals surface area contributed by atoms with Crippen LogP contribution in [-0.4, -0.2) is 23.8 Å². The molecule has 0 bridgehead atoms. The van der Waals surface area contributed by atoms with Crippen LogP contribution >= 0.6 is 0 Å². The fraction of sp³-hybridized carbons (Fsp3) is 0.533. The number of urea groups is 1. The highest BCUT2D eigenvalue weighted by molar-refractivity contribution is 5.74. The quantitative estimate of drug-likeness (QED) is 0.739. The Bertz CT molecular complexity index is 407. The van der Waals surface area contributed by atoms with Crippen molar-refractivity contribution in [2.45, 2.75) is 45.8 Å². The minimum atomic E-state index is -0.468. The van der Waals surface area contributed by atoms with Crippen molar-refractivity contribution in [3.05, 3.63) is 35.4 Å². The molecule has 0 aliphatic rings. The molecule has 0 heterocycles. The minimum Gasteiger partial charge on any atom is -0.391 e. The molecule has 1 aromatic rings. The molecule has 19 heavy (non-hydrogen) atoms. The Balaban J connectivity index is 2.42. The molecule has 0 radical (unpaired) electrons. The molecular formula is C15H24N2O2. The number of benzene rings is 1. The summed E-state index contributed by atoms with van der Waals surface area (Å²) in [6.45, 7) is 6.27. The maximum absolute atomic E-state index is 11.7. The molecule has 0 aromatic heterocycles. The first-order valence-electron chi connectivity index (χ1n) is 6.82. The summed E-state index contributed by atoms with van der Waals surface area (Å²) in [5, 5.41) is 15.1. The summed E-state index contributed by atoms with van der Waals surface area (Å²) in [5.41, 5.74) is 2.26. The topological polar surface area (TPSA) is 61.4 Å². The van der Waals surface area contributed by atoms with Crippen molar-refractivity contribution in [3.8, 4) is 0 Å². The molecule has 0 spiro atoms. The van der Waals surface area contributed by atoms with Gasteiger partial charge in [-0.1, -0.05) is 37.6 Å². The van der Waals surface area contributed by atoms with Gasteiger partial charge in [-0.2, -0.15) is 0 Å². The van der Waals surface area contributed by atoms with Gasteiger partial charge in [-0.15, -0.1) is 0 Å². The van der Waals surface area contributed by atoms with E-state index in [1.54, 1.807) is 0 Å². The third kappa shape index (κ3) is 5.30. The van der Waals surface area contributed by atoms with Crippen molar-refractivity contribution in [1.82, 2.24) is 10.6 Å². The van der Waals surface area contributed by atoms with Crippen molar-refractivity contribution in [2.75, 3.05) is 6.54 Å². The SMILES string of the molecule is CCCC(O)CNC(=O)NC(C)c1ccccc1C. The molecule has 3 N–H and O–H groups in total. The van der Waals surface area contributed by atoms with Crippen LogP contribution in [0.25, 0.3) is 0 Å². The lowest BCUT2D eigenvalue weighted by molar-refractivity contribution is 0.160. The Labute approximate surface area is 115 Å². The minimum absolute atomic E-state index is 0.0514. The standard InChI is InChI=1S/C15H24N2O2/c1-4-7-13(18)10-16-15(19)17-12(3)14-9-6-5-8-11(14)2/h5-6,8-9,12-13,18H,4,7,10H2,1-3H3,(H2,16,17,19). The van der Waals surface area contributed by atoms with Gasteiger partial charge in [0.2, 0.25) is 0 Å². The van der Waals surface area contributed by atoms with E-state index < -0.39 is 6.10 Å². The second-order valence-corrected chi connectivity index (χ2v) is 4.88. The van der Waals surface area contributed by atoms with Crippen LogP contribution in [0.1, 0.15) is 43.9 Å². The highest BCUT2D eigenvalue weighted by Gasteiger charge is 2.11. The van der Waals surface area contributed by atoms with Crippen LogP contribution in [0.5, 0.6) is 0 Å². The molecule has 4 heteroatoms. The molecule has 4 nitrogen and oxygen atoms in total. The number of aliphatic hydroxyl groups is 1. The Morgan fingerprint density at radius 3 is 2.68 bits per heavy atom. The summed E-state index contributed by atoms with van der Waals surface area (Å²) >= 11 is 0. The normalized spacial score (nSPS) is 13.7. The van der Waals surface area contributed by atoms with E-state index in [-0.39, 0.29) is 12.1 Å². The van der Waals surface area contributed by atoms with Crippen molar-refractivity contribution in [1.29, 1.82) is 0 Å². The largest absolute Gasteiger partial charge is 0.391 e. The Morgan fingerprint density at radius 2 is 2.05 bits per heavy atom. The Hall–Kier alpha value is -1.55. The lowest BCUT2D eigenvalue weighted by Gasteiger charge is -2.18. The third-order valence-corrected chi connectivity index (χ3v) is 3.12. The number of carbonyl (C=O) groups excluding carboxylic acids is 1. The van der Waals surface area contributed by atoms with Crippen LogP contribution in [0.3, 0.4) is 0 Å². The zero-order valence-corrected chi connectivity index (χ0v) is 11.9. The molecular weight excluding hydrogens is 240 g/mol. The summed E-state index contributed by atoms with van der Waals surface area (Å²) in [4.78, 5) is 11.7. The van der Waals surface area contributed by atoms with Crippen molar-refractivity contribution in [2.24, 2.45) is 0 Å². The fourth-order valence-corrected chi connectivity index (χ4v) is 2.04. The number of rotatable bonds is 6. The Morgan fingerprint density at radius 1 is 1.37 bits per heavy atom. The van der Waals surface area contributed by atoms with Gasteiger partial charge in [0.25, 0.3) is 0 Å². The van der Waals surface area contributed by atoms with Crippen LogP contribution in [0.2, 0.25) is 0 Å². The van der Waals surface area contributed by atoms with E-state index in [1.165, 1.54) is 0 Å². The number of amides is 2. The van der Waals surface area contributed by atoms with Gasteiger partial charge in [0.15, 0.2) is 0 Å². The lowest BCUT2D eigenvalue weighted by atomic mass is 10.0. The number of aryl methyl sites for hydroxylation is 1. The average molecular weight is 264 g/mol. The van der Waals surface area contributed by atoms with E-state index in [2.05, 4.69) is 10.6 Å². The molecule has 1 aromatic carbocycles. The number of aliphatic hydroxyl groups excluding tert-OH is 1. The van der Waals surface area contributed by atoms with Crippen LogP contribution < -0.4 is 10.6 Å². The first kappa shape index (κ1) is 15.5. The van der Waals surface area contributed by atoms with Crippen molar-refractivity contribution in [3.63, 3.8) is 0 Å². The van der Waals surface area contributed by atoms with E-state index >= 15 is 0 Å². The van der Waals surface area contributed by atoms with Gasteiger partial charge in [0.1, 0.15) is 0 Å². The molecule has 0 saturated heterocycles. The molecule has 2 atom stereocenters. The van der Waals surface area contributed by atoms with Gasteiger partial charge in [-0.25, -0.2) is 4.79 Å². The first-order valence-corrected chi connectivity index (χ1v) is 6.82. The van der Waals surface area contributed by atoms with Gasteiger partial charge in [-0.3, -0.25) is 0 Å². The van der Waals surface area contributed by atoms with E-state index in [1.807, 2.05) is 45.0 Å². The third-order valence-electron chi connectivity index (χ3n) is 3.12. The van der Waals surface area contributed by atoms with Gasteiger partial charge < -0.3 is 15.7 Å². The zero-order valence-electron chi connectivity index (χ0n) is 11.9. The maximum Gasteiger partial charge on any atom is 0.315 e. The van der Waals surface area contributed by atoms with Crippen LogP contribution in [0.15, 0.2) is 24.3 Å². The van der Waals surface area contributed by atoms with Crippen LogP contribution in [-0.2, 0) is 0 Å². The molecule has 1 rings (SSSR count). The number of hydrogen-bond donors (Lipinski definition) is 3. The van der Waals surface area contributed by atoms with Gasteiger partial charge in [0, 0.05) is 6.54 Å². The monoisotopic (exact) mass is 264 g/mol. The first-order chi connectivity index (χ1) is 9.04. The summed E-state index contributed by atoms with van der Waals surface area (Å²) in [6, 6.07) is 7.68.